The number of piperazine rings is 1. The maximum Gasteiger partial charge on any atom is 0.161 e. The Morgan fingerprint density at radius 3 is 2.77 bits per heavy atom. The lowest BCUT2D eigenvalue weighted by Gasteiger charge is -2.36. The molecule has 3 nitrogen and oxygen atoms in total. The predicted octanol–water partition coefficient (Wildman–Crippen LogP) is 2.65. The topological polar surface area (TPSA) is 28.2 Å². The van der Waals surface area contributed by atoms with E-state index in [1.54, 1.807) is 12.4 Å². The molecule has 1 unspecified atom stereocenters. The molecule has 0 spiro atoms. The lowest BCUT2D eigenvalue weighted by Crippen LogP contribution is -2.45. The molecule has 0 radical (unpaired) electrons. The number of hydrogen-bond donors (Lipinski definition) is 1. The van der Waals surface area contributed by atoms with Crippen LogP contribution in [0.5, 0.6) is 0 Å². The average molecular weight is 307 g/mol. The van der Waals surface area contributed by atoms with Crippen molar-refractivity contribution < 1.29 is 13.2 Å². The Bertz CT molecular complexity index is 649. The molecule has 22 heavy (non-hydrogen) atoms. The monoisotopic (exact) mass is 307 g/mol. The third-order valence-corrected chi connectivity index (χ3v) is 3.89. The van der Waals surface area contributed by atoms with Crippen LogP contribution in [0.4, 0.5) is 13.2 Å². The molecule has 2 aromatic rings. The van der Waals surface area contributed by atoms with E-state index in [4.69, 9.17) is 0 Å². The van der Waals surface area contributed by atoms with Crippen LogP contribution >= 0.6 is 0 Å². The van der Waals surface area contributed by atoms with Gasteiger partial charge in [0, 0.05) is 56.2 Å². The van der Waals surface area contributed by atoms with E-state index in [2.05, 4.69) is 10.3 Å². The molecule has 3 rings (SSSR count). The van der Waals surface area contributed by atoms with E-state index >= 15 is 0 Å². The average Bonchev–Trinajstić information content (AvgIpc) is 2.54. The minimum Gasteiger partial charge on any atom is -0.314 e. The van der Waals surface area contributed by atoms with E-state index in [1.165, 1.54) is 0 Å². The maximum absolute atomic E-state index is 13.9. The molecule has 1 fully saturated rings. The summed E-state index contributed by atoms with van der Waals surface area (Å²) in [5.74, 6) is -2.91. The third-order valence-electron chi connectivity index (χ3n) is 3.89. The highest BCUT2D eigenvalue weighted by Gasteiger charge is 2.25. The Labute approximate surface area is 126 Å². The largest absolute Gasteiger partial charge is 0.314 e. The summed E-state index contributed by atoms with van der Waals surface area (Å²) >= 11 is 0. The normalized spacial score (nSPS) is 19.3. The van der Waals surface area contributed by atoms with Crippen LogP contribution in [-0.4, -0.2) is 29.5 Å². The summed E-state index contributed by atoms with van der Waals surface area (Å²) in [6.45, 7) is 2.39. The van der Waals surface area contributed by atoms with Crippen molar-refractivity contribution in [1.29, 1.82) is 0 Å². The maximum atomic E-state index is 13.9. The van der Waals surface area contributed by atoms with E-state index in [0.717, 1.165) is 18.2 Å². The second-order valence-electron chi connectivity index (χ2n) is 5.33. The highest BCUT2D eigenvalue weighted by Crippen LogP contribution is 2.25. The first-order valence-corrected chi connectivity index (χ1v) is 7.13. The zero-order chi connectivity index (χ0) is 15.5. The molecule has 6 heteroatoms. The number of rotatable bonds is 3. The number of aromatic nitrogens is 1. The summed E-state index contributed by atoms with van der Waals surface area (Å²) in [7, 11) is 0. The summed E-state index contributed by atoms with van der Waals surface area (Å²) in [6, 6.07) is 5.37. The molecule has 1 aliphatic heterocycles. The zero-order valence-corrected chi connectivity index (χ0v) is 11.9. The predicted molar refractivity (Wildman–Crippen MR) is 76.6 cm³/mol. The number of pyridine rings is 1. The van der Waals surface area contributed by atoms with Crippen molar-refractivity contribution in [2.24, 2.45) is 0 Å². The molecule has 1 aromatic carbocycles. The van der Waals surface area contributed by atoms with Crippen LogP contribution in [-0.2, 0) is 6.54 Å². The number of halogens is 3. The molecule has 0 saturated carbocycles. The van der Waals surface area contributed by atoms with E-state index < -0.39 is 17.5 Å². The van der Waals surface area contributed by atoms with Crippen molar-refractivity contribution >= 4 is 0 Å². The number of hydrogen-bond acceptors (Lipinski definition) is 3. The van der Waals surface area contributed by atoms with Gasteiger partial charge in [-0.3, -0.25) is 9.88 Å². The Morgan fingerprint density at radius 1 is 1.18 bits per heavy atom. The molecule has 0 bridgehead atoms. The van der Waals surface area contributed by atoms with Gasteiger partial charge in [0.05, 0.1) is 0 Å². The Balaban J connectivity index is 1.84. The smallest absolute Gasteiger partial charge is 0.161 e. The van der Waals surface area contributed by atoms with E-state index in [-0.39, 0.29) is 18.2 Å². The molecule has 0 aliphatic carbocycles. The SMILES string of the molecule is Fc1cc(F)c(CN2CCNCC2c2cccnc2)cc1F. The van der Waals surface area contributed by atoms with Crippen LogP contribution in [0.3, 0.4) is 0 Å². The lowest BCUT2D eigenvalue weighted by atomic mass is 10.0. The van der Waals surface area contributed by atoms with Crippen LogP contribution in [0, 0.1) is 17.5 Å². The highest BCUT2D eigenvalue weighted by molar-refractivity contribution is 5.22. The van der Waals surface area contributed by atoms with Crippen molar-refractivity contribution in [3.63, 3.8) is 0 Å². The second kappa shape index (κ2) is 6.46. The van der Waals surface area contributed by atoms with Gasteiger partial charge in [0.15, 0.2) is 11.6 Å². The molecule has 1 saturated heterocycles. The van der Waals surface area contributed by atoms with Gasteiger partial charge in [0.2, 0.25) is 0 Å². The Morgan fingerprint density at radius 2 is 2.00 bits per heavy atom. The first-order valence-electron chi connectivity index (χ1n) is 7.13. The molecule has 1 aromatic heterocycles. The Hall–Kier alpha value is -1.92. The quantitative estimate of drug-likeness (QED) is 0.884. The Kier molecular flexibility index (Phi) is 4.40. The van der Waals surface area contributed by atoms with E-state index in [9.17, 15) is 13.2 Å². The van der Waals surface area contributed by atoms with Crippen LogP contribution in [0.2, 0.25) is 0 Å². The molecule has 116 valence electrons. The zero-order valence-electron chi connectivity index (χ0n) is 11.9. The second-order valence-corrected chi connectivity index (χ2v) is 5.33. The number of benzene rings is 1. The van der Waals surface area contributed by atoms with Gasteiger partial charge in [-0.05, 0) is 17.7 Å². The van der Waals surface area contributed by atoms with Crippen molar-refractivity contribution in [3.05, 3.63) is 65.2 Å². The summed E-state index contributed by atoms with van der Waals surface area (Å²) in [5.41, 5.74) is 1.17. The fraction of sp³-hybridized carbons (Fsp3) is 0.312. The summed E-state index contributed by atoms with van der Waals surface area (Å²) < 4.78 is 40.2. The van der Waals surface area contributed by atoms with Gasteiger partial charge in [-0.1, -0.05) is 6.07 Å². The van der Waals surface area contributed by atoms with Crippen molar-refractivity contribution in [1.82, 2.24) is 15.2 Å². The van der Waals surface area contributed by atoms with Gasteiger partial charge in [0.1, 0.15) is 5.82 Å². The number of nitrogens with one attached hydrogen (secondary N) is 1. The van der Waals surface area contributed by atoms with Gasteiger partial charge in [-0.2, -0.15) is 0 Å². The van der Waals surface area contributed by atoms with E-state index in [0.29, 0.717) is 19.2 Å². The molecule has 2 heterocycles. The molecular formula is C16H16F3N3. The van der Waals surface area contributed by atoms with E-state index in [1.807, 2.05) is 17.0 Å². The lowest BCUT2D eigenvalue weighted by molar-refractivity contribution is 0.151. The molecular weight excluding hydrogens is 291 g/mol. The summed E-state index contributed by atoms with van der Waals surface area (Å²) in [4.78, 5) is 6.15. The van der Waals surface area contributed by atoms with Crippen LogP contribution in [0.1, 0.15) is 17.2 Å². The van der Waals surface area contributed by atoms with Crippen molar-refractivity contribution in [2.45, 2.75) is 12.6 Å². The van der Waals surface area contributed by atoms with Crippen LogP contribution in [0.25, 0.3) is 0 Å². The van der Waals surface area contributed by atoms with Gasteiger partial charge in [-0.15, -0.1) is 0 Å². The fourth-order valence-electron chi connectivity index (χ4n) is 2.74. The summed E-state index contributed by atoms with van der Waals surface area (Å²) in [6.07, 6.45) is 3.46. The fourth-order valence-corrected chi connectivity index (χ4v) is 2.74. The van der Waals surface area contributed by atoms with Gasteiger partial charge in [-0.25, -0.2) is 13.2 Å². The van der Waals surface area contributed by atoms with Crippen LogP contribution in [0.15, 0.2) is 36.7 Å². The minimum absolute atomic E-state index is 0.0231. The minimum atomic E-state index is -1.16. The molecule has 1 atom stereocenters. The summed E-state index contributed by atoms with van der Waals surface area (Å²) in [5, 5.41) is 3.29. The first kappa shape index (κ1) is 15.0. The number of nitrogens with zero attached hydrogens (tertiary/aromatic N) is 2. The van der Waals surface area contributed by atoms with Gasteiger partial charge in [0.25, 0.3) is 0 Å². The molecule has 0 amide bonds. The first-order chi connectivity index (χ1) is 10.6. The van der Waals surface area contributed by atoms with Crippen LogP contribution < -0.4 is 5.32 Å². The van der Waals surface area contributed by atoms with Gasteiger partial charge >= 0.3 is 0 Å². The van der Waals surface area contributed by atoms with Crippen molar-refractivity contribution in [2.75, 3.05) is 19.6 Å². The molecule has 1 N–H and O–H groups in total. The molecule has 1 aliphatic rings. The standard InChI is InChI=1S/C16H16F3N3/c17-13-7-15(19)14(18)6-12(13)10-22-5-4-21-9-16(22)11-2-1-3-20-8-11/h1-3,6-8,16,21H,4-5,9-10H2. The highest BCUT2D eigenvalue weighted by atomic mass is 19.2. The van der Waals surface area contributed by atoms with Gasteiger partial charge < -0.3 is 5.32 Å². The third kappa shape index (κ3) is 3.13. The van der Waals surface area contributed by atoms with Crippen molar-refractivity contribution in [3.8, 4) is 0 Å².